The molecule has 0 radical (unpaired) electrons. The normalized spacial score (nSPS) is 17.7. The van der Waals surface area contributed by atoms with Gasteiger partial charge in [-0.05, 0) is 53.4 Å². The highest BCUT2D eigenvalue weighted by Crippen LogP contribution is 2.27. The Kier molecular flexibility index (Phi) is 3.68. The average molecular weight is 268 g/mol. The number of anilines is 1. The molecule has 1 aromatic rings. The van der Waals surface area contributed by atoms with Crippen LogP contribution in [-0.2, 0) is 0 Å². The maximum atomic E-state index is 3.63. The molecule has 2 heteroatoms. The Hall–Kier alpha value is -0.500. The van der Waals surface area contributed by atoms with Crippen LogP contribution in [0.25, 0.3) is 0 Å². The minimum absolute atomic E-state index is 0.678. The van der Waals surface area contributed by atoms with Crippen molar-refractivity contribution < 1.29 is 0 Å². The summed E-state index contributed by atoms with van der Waals surface area (Å²) in [6, 6.07) is 7.19. The second-order valence-corrected chi connectivity index (χ2v) is 5.32. The molecule has 0 spiro atoms. The van der Waals surface area contributed by atoms with Crippen molar-refractivity contribution in [1.29, 1.82) is 0 Å². The third-order valence-electron chi connectivity index (χ3n) is 3.09. The lowest BCUT2D eigenvalue weighted by atomic mass is 9.95. The molecule has 1 saturated carbocycles. The van der Waals surface area contributed by atoms with Gasteiger partial charge in [0.2, 0.25) is 0 Å². The Labute approximate surface area is 100 Å². The van der Waals surface area contributed by atoms with E-state index in [1.165, 1.54) is 47.8 Å². The first kappa shape index (κ1) is 11.0. The predicted molar refractivity (Wildman–Crippen MR) is 69.4 cm³/mol. The van der Waals surface area contributed by atoms with Gasteiger partial charge in [0.15, 0.2) is 0 Å². The Morgan fingerprint density at radius 3 is 2.60 bits per heavy atom. The lowest BCUT2D eigenvalue weighted by molar-refractivity contribution is 0.462. The Bertz CT molecular complexity index is 329. The van der Waals surface area contributed by atoms with Crippen molar-refractivity contribution in [2.24, 2.45) is 0 Å². The van der Waals surface area contributed by atoms with Crippen LogP contribution in [0.5, 0.6) is 0 Å². The number of halogens is 1. The second-order valence-electron chi connectivity index (χ2n) is 4.46. The van der Waals surface area contributed by atoms with Gasteiger partial charge in [-0.3, -0.25) is 0 Å². The first-order chi connectivity index (χ1) is 7.25. The molecule has 1 nitrogen and oxygen atoms in total. The number of benzene rings is 1. The van der Waals surface area contributed by atoms with Crippen molar-refractivity contribution in [2.45, 2.75) is 45.1 Å². The van der Waals surface area contributed by atoms with Crippen LogP contribution in [0.2, 0.25) is 0 Å². The molecule has 0 amide bonds. The van der Waals surface area contributed by atoms with Crippen LogP contribution >= 0.6 is 15.9 Å². The fraction of sp³-hybridized carbons (Fsp3) is 0.538. The lowest BCUT2D eigenvalue weighted by Gasteiger charge is -2.24. The summed E-state index contributed by atoms with van der Waals surface area (Å²) in [4.78, 5) is 0. The molecule has 82 valence electrons. The highest BCUT2D eigenvalue weighted by atomic mass is 79.9. The molecule has 0 bridgehead atoms. The minimum Gasteiger partial charge on any atom is -0.381 e. The summed E-state index contributed by atoms with van der Waals surface area (Å²) >= 11 is 3.61. The highest BCUT2D eigenvalue weighted by Gasteiger charge is 2.13. The molecule has 1 N–H and O–H groups in total. The summed E-state index contributed by atoms with van der Waals surface area (Å²) in [5.41, 5.74) is 2.54. The van der Waals surface area contributed by atoms with Crippen molar-refractivity contribution in [3.05, 3.63) is 28.2 Å². The van der Waals surface area contributed by atoms with E-state index in [9.17, 15) is 0 Å². The number of nitrogens with one attached hydrogen (secondary N) is 1. The van der Waals surface area contributed by atoms with Gasteiger partial charge in [0.25, 0.3) is 0 Å². The molecule has 15 heavy (non-hydrogen) atoms. The van der Waals surface area contributed by atoms with Gasteiger partial charge in [0, 0.05) is 16.2 Å². The molecule has 0 saturated heterocycles. The zero-order valence-corrected chi connectivity index (χ0v) is 10.8. The molecule has 1 aliphatic rings. The van der Waals surface area contributed by atoms with E-state index in [0.717, 1.165) is 0 Å². The van der Waals surface area contributed by atoms with Crippen molar-refractivity contribution in [2.75, 3.05) is 5.32 Å². The van der Waals surface area contributed by atoms with Crippen LogP contribution in [-0.4, -0.2) is 6.04 Å². The summed E-state index contributed by atoms with van der Waals surface area (Å²) in [5.74, 6) is 0. The Morgan fingerprint density at radius 1 is 1.20 bits per heavy atom. The summed E-state index contributed by atoms with van der Waals surface area (Å²) in [6.07, 6.45) is 6.80. The molecule has 1 fully saturated rings. The van der Waals surface area contributed by atoms with Gasteiger partial charge in [-0.25, -0.2) is 0 Å². The monoisotopic (exact) mass is 267 g/mol. The van der Waals surface area contributed by atoms with Gasteiger partial charge in [0.1, 0.15) is 0 Å². The van der Waals surface area contributed by atoms with Crippen molar-refractivity contribution in [3.8, 4) is 0 Å². The molecule has 1 aliphatic carbocycles. The van der Waals surface area contributed by atoms with Crippen molar-refractivity contribution >= 4 is 21.6 Å². The van der Waals surface area contributed by atoms with Crippen molar-refractivity contribution in [1.82, 2.24) is 0 Å². The first-order valence-corrected chi connectivity index (χ1v) is 6.58. The SMILES string of the molecule is Cc1ccc(NC2CCCCC2)c(Br)c1. The maximum absolute atomic E-state index is 3.63. The average Bonchev–Trinajstić information content (AvgIpc) is 2.24. The fourth-order valence-corrected chi connectivity index (χ4v) is 2.81. The van der Waals surface area contributed by atoms with Gasteiger partial charge in [-0.15, -0.1) is 0 Å². The third-order valence-corrected chi connectivity index (χ3v) is 3.75. The topological polar surface area (TPSA) is 12.0 Å². The number of rotatable bonds is 2. The summed E-state index contributed by atoms with van der Waals surface area (Å²) < 4.78 is 1.19. The van der Waals surface area contributed by atoms with E-state index in [1.807, 2.05) is 0 Å². The molecule has 0 unspecified atom stereocenters. The number of aryl methyl sites for hydroxylation is 1. The van der Waals surface area contributed by atoms with Crippen molar-refractivity contribution in [3.63, 3.8) is 0 Å². The van der Waals surface area contributed by atoms with Gasteiger partial charge in [0.05, 0.1) is 0 Å². The zero-order chi connectivity index (χ0) is 10.7. The molecule has 1 aromatic carbocycles. The standard InChI is InChI=1S/C13H18BrN/c1-10-7-8-13(12(14)9-10)15-11-5-3-2-4-6-11/h7-9,11,15H,2-6H2,1H3. The largest absolute Gasteiger partial charge is 0.381 e. The molecule has 0 aliphatic heterocycles. The van der Waals surface area contributed by atoms with Crippen LogP contribution in [0.4, 0.5) is 5.69 Å². The fourth-order valence-electron chi connectivity index (χ4n) is 2.20. The molecule has 0 heterocycles. The van der Waals surface area contributed by atoms with E-state index >= 15 is 0 Å². The van der Waals surface area contributed by atoms with Crippen LogP contribution in [0, 0.1) is 6.92 Å². The number of hydrogen-bond donors (Lipinski definition) is 1. The van der Waals surface area contributed by atoms with Gasteiger partial charge in [-0.1, -0.05) is 25.3 Å². The second kappa shape index (κ2) is 5.02. The van der Waals surface area contributed by atoms with Crippen LogP contribution in [0.3, 0.4) is 0 Å². The van der Waals surface area contributed by atoms with E-state index in [1.54, 1.807) is 0 Å². The smallest absolute Gasteiger partial charge is 0.0486 e. The lowest BCUT2D eigenvalue weighted by Crippen LogP contribution is -2.22. The summed E-state index contributed by atoms with van der Waals surface area (Å²) in [7, 11) is 0. The zero-order valence-electron chi connectivity index (χ0n) is 9.22. The molecule has 0 atom stereocenters. The molecule has 0 aromatic heterocycles. The Balaban J connectivity index is 2.03. The summed E-state index contributed by atoms with van der Waals surface area (Å²) in [6.45, 7) is 2.12. The quantitative estimate of drug-likeness (QED) is 0.832. The van der Waals surface area contributed by atoms with Gasteiger partial charge < -0.3 is 5.32 Å². The van der Waals surface area contributed by atoms with Crippen LogP contribution in [0.15, 0.2) is 22.7 Å². The molecular formula is C13H18BrN. The van der Waals surface area contributed by atoms with Gasteiger partial charge >= 0.3 is 0 Å². The Morgan fingerprint density at radius 2 is 1.93 bits per heavy atom. The highest BCUT2D eigenvalue weighted by molar-refractivity contribution is 9.10. The maximum Gasteiger partial charge on any atom is 0.0486 e. The van der Waals surface area contributed by atoms with E-state index in [2.05, 4.69) is 46.4 Å². The first-order valence-electron chi connectivity index (χ1n) is 5.78. The van der Waals surface area contributed by atoms with E-state index in [0.29, 0.717) is 6.04 Å². The van der Waals surface area contributed by atoms with E-state index < -0.39 is 0 Å². The third kappa shape index (κ3) is 2.97. The van der Waals surface area contributed by atoms with Gasteiger partial charge in [-0.2, -0.15) is 0 Å². The molecule has 2 rings (SSSR count). The van der Waals surface area contributed by atoms with Crippen LogP contribution in [0.1, 0.15) is 37.7 Å². The van der Waals surface area contributed by atoms with E-state index in [4.69, 9.17) is 0 Å². The predicted octanol–water partition coefficient (Wildman–Crippen LogP) is 4.50. The number of hydrogen-bond acceptors (Lipinski definition) is 1. The molecular weight excluding hydrogens is 250 g/mol. The van der Waals surface area contributed by atoms with Crippen LogP contribution < -0.4 is 5.32 Å². The minimum atomic E-state index is 0.678. The van der Waals surface area contributed by atoms with E-state index in [-0.39, 0.29) is 0 Å². The summed E-state index contributed by atoms with van der Waals surface area (Å²) in [5, 5.41) is 3.63.